The molecule has 3 amide bonds. The first-order valence-corrected chi connectivity index (χ1v) is 11.4. The summed E-state index contributed by atoms with van der Waals surface area (Å²) >= 11 is 1.40. The maximum atomic E-state index is 12.9. The topological polar surface area (TPSA) is 106 Å². The van der Waals surface area contributed by atoms with E-state index in [4.69, 9.17) is 4.74 Å². The van der Waals surface area contributed by atoms with E-state index in [1.165, 1.54) is 34.4 Å². The Kier molecular flexibility index (Phi) is 4.98. The maximum Gasteiger partial charge on any atom is 0.262 e. The molecule has 172 valence electrons. The molecule has 1 N–H and O–H groups in total. The highest BCUT2D eigenvalue weighted by atomic mass is 32.1. The van der Waals surface area contributed by atoms with Gasteiger partial charge in [-0.3, -0.25) is 24.6 Å². The summed E-state index contributed by atoms with van der Waals surface area (Å²) in [6.45, 7) is 5.37. The third-order valence-corrected chi connectivity index (χ3v) is 6.33. The molecule has 9 nitrogen and oxygen atoms in total. The summed E-state index contributed by atoms with van der Waals surface area (Å²) in [5.41, 5.74) is 1.85. The van der Waals surface area contributed by atoms with Gasteiger partial charge in [-0.2, -0.15) is 4.98 Å². The van der Waals surface area contributed by atoms with Crippen molar-refractivity contribution in [2.45, 2.75) is 26.3 Å². The van der Waals surface area contributed by atoms with E-state index in [2.05, 4.69) is 15.4 Å². The Morgan fingerprint density at radius 3 is 2.41 bits per heavy atom. The molecule has 1 aliphatic rings. The van der Waals surface area contributed by atoms with Gasteiger partial charge in [0.1, 0.15) is 5.75 Å². The fraction of sp³-hybridized carbons (Fsp3) is 0.208. The Labute approximate surface area is 199 Å². The van der Waals surface area contributed by atoms with Crippen LogP contribution in [0.4, 0.5) is 5.95 Å². The van der Waals surface area contributed by atoms with E-state index in [0.717, 1.165) is 17.0 Å². The second-order valence-corrected chi connectivity index (χ2v) is 9.65. The first-order valence-electron chi connectivity index (χ1n) is 10.5. The highest BCUT2D eigenvalue weighted by Gasteiger charge is 2.42. The normalized spacial score (nSPS) is 13.5. The van der Waals surface area contributed by atoms with Crippen molar-refractivity contribution in [2.75, 3.05) is 12.4 Å². The molecule has 5 rings (SSSR count). The lowest BCUT2D eigenvalue weighted by atomic mass is 10.1. The number of ether oxygens (including phenoxy) is 1. The predicted octanol–water partition coefficient (Wildman–Crippen LogP) is 4.11. The largest absolute Gasteiger partial charge is 0.497 e. The second-order valence-electron chi connectivity index (χ2n) is 8.81. The zero-order valence-electron chi connectivity index (χ0n) is 18.9. The van der Waals surface area contributed by atoms with Crippen LogP contribution in [0.3, 0.4) is 0 Å². The Bertz CT molecular complexity index is 1460. The number of nitrogens with zero attached hydrogens (tertiary/aromatic N) is 4. The van der Waals surface area contributed by atoms with Gasteiger partial charge in [-0.15, -0.1) is 16.4 Å². The maximum absolute atomic E-state index is 12.9. The van der Waals surface area contributed by atoms with Gasteiger partial charge in [0.15, 0.2) is 0 Å². The van der Waals surface area contributed by atoms with Crippen molar-refractivity contribution >= 4 is 40.0 Å². The number of carbonyl (C=O) groups is 3. The van der Waals surface area contributed by atoms with Gasteiger partial charge >= 0.3 is 0 Å². The molecule has 0 radical (unpaired) electrons. The molecule has 34 heavy (non-hydrogen) atoms. The first kappa shape index (κ1) is 21.8. The van der Waals surface area contributed by atoms with E-state index in [-0.39, 0.29) is 23.0 Å². The second kappa shape index (κ2) is 7.77. The smallest absolute Gasteiger partial charge is 0.262 e. The van der Waals surface area contributed by atoms with Gasteiger partial charge < -0.3 is 4.74 Å². The van der Waals surface area contributed by atoms with E-state index < -0.39 is 17.4 Å². The number of methoxy groups -OCH3 is 1. The van der Waals surface area contributed by atoms with Gasteiger partial charge in [-0.25, -0.2) is 4.52 Å². The van der Waals surface area contributed by atoms with Crippen molar-refractivity contribution in [3.05, 3.63) is 64.5 Å². The zero-order chi connectivity index (χ0) is 24.2. The number of hydrogen-bond donors (Lipinski definition) is 1. The summed E-state index contributed by atoms with van der Waals surface area (Å²) in [5, 5.41) is 9.05. The number of hydrogen-bond acceptors (Lipinski definition) is 7. The summed E-state index contributed by atoms with van der Waals surface area (Å²) in [5.74, 6) is -0.345. The van der Waals surface area contributed by atoms with Gasteiger partial charge in [-0.1, -0.05) is 0 Å². The van der Waals surface area contributed by atoms with Gasteiger partial charge in [-0.05, 0) is 63.2 Å². The lowest BCUT2D eigenvalue weighted by Gasteiger charge is -2.29. The molecule has 0 spiro atoms. The van der Waals surface area contributed by atoms with Crippen molar-refractivity contribution in [2.24, 2.45) is 0 Å². The molecule has 2 aromatic carbocycles. The molecule has 1 aliphatic heterocycles. The molecule has 0 saturated carbocycles. The minimum Gasteiger partial charge on any atom is -0.497 e. The molecule has 0 atom stereocenters. The van der Waals surface area contributed by atoms with Crippen molar-refractivity contribution in [3.8, 4) is 17.0 Å². The number of imide groups is 1. The molecular weight excluding hydrogens is 454 g/mol. The van der Waals surface area contributed by atoms with Crippen LogP contribution < -0.4 is 10.1 Å². The highest BCUT2D eigenvalue weighted by molar-refractivity contribution is 7.15. The SMILES string of the molecule is COc1ccc(-c2csc3nc(NC(=O)c4ccc5c(c4)C(=O)N(C(C)(C)C)C5=O)nn23)cc1. The Hall–Kier alpha value is -4.05. The van der Waals surface area contributed by atoms with Crippen molar-refractivity contribution in [3.63, 3.8) is 0 Å². The third kappa shape index (κ3) is 3.52. The van der Waals surface area contributed by atoms with Crippen molar-refractivity contribution in [1.29, 1.82) is 0 Å². The van der Waals surface area contributed by atoms with Gasteiger partial charge in [0.05, 0.1) is 23.9 Å². The van der Waals surface area contributed by atoms with Crippen LogP contribution in [0.15, 0.2) is 47.8 Å². The molecule has 4 aromatic rings. The number of thiazole rings is 1. The van der Waals surface area contributed by atoms with Gasteiger partial charge in [0.2, 0.25) is 4.96 Å². The summed E-state index contributed by atoms with van der Waals surface area (Å²) in [6, 6.07) is 12.0. The third-order valence-electron chi connectivity index (χ3n) is 5.51. The lowest BCUT2D eigenvalue weighted by Crippen LogP contribution is -2.45. The van der Waals surface area contributed by atoms with Gasteiger partial charge in [0.25, 0.3) is 23.7 Å². The number of fused-ring (bicyclic) bond motifs is 2. The van der Waals surface area contributed by atoms with E-state index >= 15 is 0 Å². The van der Waals surface area contributed by atoms with Crippen molar-refractivity contribution < 1.29 is 19.1 Å². The Morgan fingerprint density at radius 2 is 1.74 bits per heavy atom. The molecular formula is C24H21N5O4S. The van der Waals surface area contributed by atoms with E-state index in [9.17, 15) is 14.4 Å². The van der Waals surface area contributed by atoms with Crippen LogP contribution in [0.1, 0.15) is 51.8 Å². The Morgan fingerprint density at radius 1 is 1.03 bits per heavy atom. The van der Waals surface area contributed by atoms with Crippen LogP contribution in [0, 0.1) is 0 Å². The molecule has 2 aromatic heterocycles. The molecule has 3 heterocycles. The molecule has 0 aliphatic carbocycles. The standard InChI is InChI=1S/C24H21N5O4S/c1-24(2,3)28-20(31)16-10-7-14(11-17(16)21(28)32)19(30)25-22-26-23-29(27-22)18(12-34-23)13-5-8-15(33-4)9-6-13/h5-12H,1-4H3,(H,25,27,30). The molecule has 0 saturated heterocycles. The monoisotopic (exact) mass is 475 g/mol. The Balaban J connectivity index is 1.40. The van der Waals surface area contributed by atoms with E-state index in [1.54, 1.807) is 32.4 Å². The summed E-state index contributed by atoms with van der Waals surface area (Å²) in [6.07, 6.45) is 0. The molecule has 0 fully saturated rings. The summed E-state index contributed by atoms with van der Waals surface area (Å²) in [7, 11) is 1.61. The van der Waals surface area contributed by atoms with Crippen LogP contribution in [-0.2, 0) is 0 Å². The molecule has 0 unspecified atom stereocenters. The average Bonchev–Trinajstić information content (AvgIpc) is 3.44. The van der Waals surface area contributed by atoms with E-state index in [1.807, 2.05) is 29.6 Å². The summed E-state index contributed by atoms with van der Waals surface area (Å²) < 4.78 is 6.87. The number of amides is 3. The number of benzene rings is 2. The van der Waals surface area contributed by atoms with Crippen LogP contribution in [0.25, 0.3) is 16.2 Å². The molecule has 10 heteroatoms. The minimum atomic E-state index is -0.663. The lowest BCUT2D eigenvalue weighted by molar-refractivity contribution is 0.0507. The first-order chi connectivity index (χ1) is 16.2. The number of rotatable bonds is 4. The van der Waals surface area contributed by atoms with Crippen molar-refractivity contribution in [1.82, 2.24) is 19.5 Å². The van der Waals surface area contributed by atoms with E-state index in [0.29, 0.717) is 10.5 Å². The molecule has 0 bridgehead atoms. The summed E-state index contributed by atoms with van der Waals surface area (Å²) in [4.78, 5) is 44.6. The van der Waals surface area contributed by atoms with Crippen LogP contribution in [0.5, 0.6) is 5.75 Å². The van der Waals surface area contributed by atoms with Crippen LogP contribution in [0.2, 0.25) is 0 Å². The number of nitrogens with one attached hydrogen (secondary N) is 1. The predicted molar refractivity (Wildman–Crippen MR) is 128 cm³/mol. The fourth-order valence-electron chi connectivity index (χ4n) is 3.86. The van der Waals surface area contributed by atoms with Crippen LogP contribution >= 0.6 is 11.3 Å². The average molecular weight is 476 g/mol. The minimum absolute atomic E-state index is 0.144. The number of anilines is 1. The highest BCUT2D eigenvalue weighted by Crippen LogP contribution is 2.30. The quantitative estimate of drug-likeness (QED) is 0.445. The number of aromatic nitrogens is 3. The fourth-order valence-corrected chi connectivity index (χ4v) is 4.69. The van der Waals surface area contributed by atoms with Gasteiger partial charge in [0, 0.05) is 22.0 Å². The zero-order valence-corrected chi connectivity index (χ0v) is 19.8. The number of carbonyl (C=O) groups excluding carboxylic acids is 3. The van der Waals surface area contributed by atoms with Crippen LogP contribution in [-0.4, -0.2) is 49.9 Å².